The Kier molecular flexibility index (Phi) is 15.5. The molecule has 0 saturated carbocycles. The molecule has 3 aliphatic rings. The van der Waals surface area contributed by atoms with Crippen LogP contribution in [0.4, 0.5) is 39.5 Å². The molecule has 1 radical (unpaired) electrons. The van der Waals surface area contributed by atoms with Crippen molar-refractivity contribution in [1.82, 2.24) is 9.97 Å². The number of carbonyl (C=O) groups excluding carboxylic acids is 3. The number of fused-ring (bicyclic) bond motifs is 3. The zero-order chi connectivity index (χ0) is 44.0. The van der Waals surface area contributed by atoms with Crippen LogP contribution in [-0.4, -0.2) is 45.8 Å². The number of hydrogen-bond acceptors (Lipinski definition) is 8. The molecule has 3 aliphatic carbocycles. The Hall–Kier alpha value is -5.77. The number of ketones is 3. The molecule has 18 heteroatoms. The van der Waals surface area contributed by atoms with Crippen molar-refractivity contribution in [3.05, 3.63) is 189 Å². The number of allylic oxidation sites excluding steroid dienone is 6. The summed E-state index contributed by atoms with van der Waals surface area (Å²) in [6, 6.07) is 30.0. The van der Waals surface area contributed by atoms with E-state index in [1.165, 1.54) is 18.2 Å². The quantitative estimate of drug-likeness (QED) is 0.0997. The van der Waals surface area contributed by atoms with E-state index in [9.17, 15) is 69.2 Å². The van der Waals surface area contributed by atoms with Crippen molar-refractivity contribution in [2.24, 2.45) is 0 Å². The zero-order valence-corrected chi connectivity index (χ0v) is 32.8. The maximum Gasteiger partial charge on any atom is 3.00 e. The van der Waals surface area contributed by atoms with Gasteiger partial charge in [-0.2, -0.15) is 39.5 Å². The van der Waals surface area contributed by atoms with Crippen LogP contribution < -0.4 is 15.3 Å². The third-order valence-corrected chi connectivity index (χ3v) is 8.90. The monoisotopic (exact) mass is 1000 g/mol. The third kappa shape index (κ3) is 11.5. The number of alkyl halides is 9. The number of rotatable bonds is 1. The van der Waals surface area contributed by atoms with Crippen molar-refractivity contribution in [2.75, 3.05) is 0 Å². The molecule has 0 amide bonds. The molecule has 2 aromatic heterocycles. The Bertz CT molecular complexity index is 2260. The predicted molar refractivity (Wildman–Crippen MR) is 190 cm³/mol. The van der Waals surface area contributed by atoms with E-state index in [2.05, 4.69) is 9.97 Å². The fourth-order valence-electron chi connectivity index (χ4n) is 6.08. The molecule has 8 rings (SSSR count). The van der Waals surface area contributed by atoms with Gasteiger partial charge >= 0.3 is 56.7 Å². The molecule has 0 N–H and O–H groups in total. The van der Waals surface area contributed by atoms with Crippen molar-refractivity contribution in [1.29, 1.82) is 0 Å². The average molecular weight is 1000 g/mol. The predicted octanol–water partition coefficient (Wildman–Crippen LogP) is 6.95. The molecule has 0 atom stereocenters. The molecule has 0 fully saturated rings. The van der Waals surface area contributed by atoms with E-state index in [0.717, 1.165) is 11.4 Å². The Morgan fingerprint density at radius 2 is 0.656 bits per heavy atom. The summed E-state index contributed by atoms with van der Waals surface area (Å²) in [5, 5.41) is 32.9. The van der Waals surface area contributed by atoms with E-state index in [4.69, 9.17) is 0 Å². The minimum absolute atomic E-state index is 0. The normalized spacial score (nSPS) is 16.5. The van der Waals surface area contributed by atoms with Crippen molar-refractivity contribution in [3.63, 3.8) is 0 Å². The molecule has 0 unspecified atom stereocenters. The van der Waals surface area contributed by atoms with Gasteiger partial charge in [0.15, 0.2) is 17.3 Å². The number of carbonyl (C=O) groups is 3. The summed E-state index contributed by atoms with van der Waals surface area (Å²) in [4.78, 5) is 43.0. The molecule has 5 aromatic rings. The standard InChI is InChI=1S/3C11H7F3O2.C10H8N2.Dy/c3*12-11(13,14)10(16)8-5-6-3-1-2-4-7(6)9(8)15;1-3-7-11-9(5-1)10-6-2-4-8-12-10;/h3*1-4,16H,5H2;1-8H;/q;;;;+3/p-3/b3*10-8-;;. The van der Waals surface area contributed by atoms with E-state index < -0.39 is 69.9 Å². The SMILES string of the molecule is O=C1/C(=C(\[O-])C(F)(F)F)Cc2ccccc21.O=C1/C(=C(\[O-])C(F)(F)F)Cc2ccccc21.O=C1/C(=C(\[O-])C(F)(F)F)Cc2ccccc21.[Dy+3].c1ccc(-c2ccccn2)nc1. The molecular weight excluding hydrogens is 974 g/mol. The smallest absolute Gasteiger partial charge is 0.869 e. The second-order valence-corrected chi connectivity index (χ2v) is 12.8. The van der Waals surface area contributed by atoms with Crippen LogP contribution in [-0.2, 0) is 19.3 Å². The Morgan fingerprint density at radius 1 is 0.410 bits per heavy atom. The second-order valence-electron chi connectivity index (χ2n) is 12.8. The molecule has 0 spiro atoms. The van der Waals surface area contributed by atoms with Crippen LogP contribution >= 0.6 is 0 Å². The molecule has 0 aliphatic heterocycles. The summed E-state index contributed by atoms with van der Waals surface area (Å²) in [5.74, 6) is -8.52. The van der Waals surface area contributed by atoms with Gasteiger partial charge in [-0.1, -0.05) is 84.9 Å². The molecule has 0 saturated heterocycles. The van der Waals surface area contributed by atoms with Gasteiger partial charge in [0.25, 0.3) is 0 Å². The minimum Gasteiger partial charge on any atom is -0.869 e. The van der Waals surface area contributed by atoms with Crippen molar-refractivity contribution in [2.45, 2.75) is 37.8 Å². The van der Waals surface area contributed by atoms with Crippen molar-refractivity contribution >= 4 is 17.3 Å². The van der Waals surface area contributed by atoms with Gasteiger partial charge in [0.2, 0.25) is 0 Å². The van der Waals surface area contributed by atoms with E-state index in [1.807, 2.05) is 36.4 Å². The number of nitrogens with zero attached hydrogens (tertiary/aromatic N) is 2. The molecule has 61 heavy (non-hydrogen) atoms. The maximum absolute atomic E-state index is 12.2. The number of pyridine rings is 2. The number of hydrogen-bond donors (Lipinski definition) is 0. The third-order valence-electron chi connectivity index (χ3n) is 8.90. The number of Topliss-reactive ketones (excluding diaryl/α,β-unsaturated/α-hetero) is 3. The van der Waals surface area contributed by atoms with E-state index in [1.54, 1.807) is 67.0 Å². The molecule has 2 heterocycles. The second kappa shape index (κ2) is 19.7. The number of benzene rings is 3. The molecule has 3 aromatic carbocycles. The fourth-order valence-corrected chi connectivity index (χ4v) is 6.08. The van der Waals surface area contributed by atoms with Crippen LogP contribution in [0, 0.1) is 38.2 Å². The van der Waals surface area contributed by atoms with E-state index in [0.29, 0.717) is 16.7 Å². The fraction of sp³-hybridized carbons (Fsp3) is 0.140. The summed E-state index contributed by atoms with van der Waals surface area (Å²) in [7, 11) is 0. The van der Waals surface area contributed by atoms with Gasteiger partial charge in [0.1, 0.15) is 0 Å². The number of halogens is 9. The minimum atomic E-state index is -4.98. The van der Waals surface area contributed by atoms with Gasteiger partial charge in [-0.15, -0.1) is 0 Å². The van der Waals surface area contributed by atoms with Crippen molar-refractivity contribution < 1.29 is 107 Å². The summed E-state index contributed by atoms with van der Waals surface area (Å²) in [6.45, 7) is 0. The number of aromatic nitrogens is 2. The summed E-state index contributed by atoms with van der Waals surface area (Å²) in [6.07, 6.45) is -12.1. The van der Waals surface area contributed by atoms with Crippen LogP contribution in [0.5, 0.6) is 0 Å². The average Bonchev–Trinajstić information content (AvgIpc) is 3.87. The summed E-state index contributed by atoms with van der Waals surface area (Å²) in [5.41, 5.74) is 1.76. The van der Waals surface area contributed by atoms with Crippen LogP contribution in [0.3, 0.4) is 0 Å². The van der Waals surface area contributed by atoms with Crippen LogP contribution in [0.25, 0.3) is 11.4 Å². The van der Waals surface area contributed by atoms with E-state index >= 15 is 0 Å². The maximum atomic E-state index is 12.2. The van der Waals surface area contributed by atoms with E-state index in [-0.39, 0.29) is 74.1 Å². The van der Waals surface area contributed by atoms with Gasteiger partial charge in [-0.05, 0) is 58.2 Å². The van der Waals surface area contributed by atoms with Crippen LogP contribution in [0.2, 0.25) is 0 Å². The Labute approximate surface area is 370 Å². The topological polar surface area (TPSA) is 146 Å². The first-order valence-corrected chi connectivity index (χ1v) is 17.3. The van der Waals surface area contributed by atoms with Gasteiger partial charge < -0.3 is 15.3 Å². The van der Waals surface area contributed by atoms with Gasteiger partial charge in [-0.3, -0.25) is 24.4 Å². The summed E-state index contributed by atoms with van der Waals surface area (Å²) >= 11 is 0. The van der Waals surface area contributed by atoms with Gasteiger partial charge in [0, 0.05) is 65.1 Å². The first-order valence-electron chi connectivity index (χ1n) is 17.3. The Morgan fingerprint density at radius 3 is 0.869 bits per heavy atom. The van der Waals surface area contributed by atoms with Gasteiger partial charge in [0.05, 0.1) is 11.4 Å². The first kappa shape index (κ1) is 47.9. The largest absolute Gasteiger partial charge is 3.00 e. The Balaban J connectivity index is 0.000000179. The molecule has 317 valence electrons. The first-order chi connectivity index (χ1) is 28.2. The van der Waals surface area contributed by atoms with Crippen LogP contribution in [0.15, 0.2) is 156 Å². The van der Waals surface area contributed by atoms with Crippen molar-refractivity contribution in [3.8, 4) is 11.4 Å². The molecular formula is C43H26DyF9N2O6. The summed E-state index contributed by atoms with van der Waals surface area (Å²) < 4.78 is 110. The zero-order valence-electron chi connectivity index (χ0n) is 30.7. The van der Waals surface area contributed by atoms with Crippen LogP contribution in [0.1, 0.15) is 47.8 Å². The molecule has 0 bridgehead atoms. The molecule has 8 nitrogen and oxygen atoms in total. The van der Waals surface area contributed by atoms with Gasteiger partial charge in [-0.25, -0.2) is 0 Å².